The highest BCUT2D eigenvalue weighted by Gasteiger charge is 2.08. The van der Waals surface area contributed by atoms with E-state index in [1.807, 2.05) is 30.9 Å². The fourth-order valence-corrected chi connectivity index (χ4v) is 2.13. The van der Waals surface area contributed by atoms with Gasteiger partial charge >= 0.3 is 0 Å². The first-order chi connectivity index (χ1) is 9.08. The van der Waals surface area contributed by atoms with Crippen molar-refractivity contribution in [1.82, 2.24) is 10.2 Å². The van der Waals surface area contributed by atoms with Crippen LogP contribution in [0.3, 0.4) is 0 Å². The molecular formula is C14H20Cl2N2O. The highest BCUT2D eigenvalue weighted by atomic mass is 35.5. The Morgan fingerprint density at radius 3 is 2.47 bits per heavy atom. The van der Waals surface area contributed by atoms with Crippen LogP contribution in [-0.4, -0.2) is 30.4 Å². The number of amides is 1. The molecule has 0 bridgehead atoms. The topological polar surface area (TPSA) is 32.3 Å². The van der Waals surface area contributed by atoms with Gasteiger partial charge in [0.1, 0.15) is 0 Å². The van der Waals surface area contributed by atoms with Crippen LogP contribution in [-0.2, 0) is 11.3 Å². The Morgan fingerprint density at radius 1 is 1.21 bits per heavy atom. The Balaban J connectivity index is 2.31. The lowest BCUT2D eigenvalue weighted by molar-refractivity contribution is -0.130. The minimum Gasteiger partial charge on any atom is -0.343 e. The van der Waals surface area contributed by atoms with E-state index >= 15 is 0 Å². The van der Waals surface area contributed by atoms with E-state index in [1.54, 1.807) is 6.07 Å². The average Bonchev–Trinajstić information content (AvgIpc) is 2.40. The molecule has 0 radical (unpaired) electrons. The van der Waals surface area contributed by atoms with Gasteiger partial charge in [-0.05, 0) is 31.5 Å². The van der Waals surface area contributed by atoms with Crippen molar-refractivity contribution < 1.29 is 4.79 Å². The molecule has 0 spiro atoms. The lowest BCUT2D eigenvalue weighted by atomic mass is 10.2. The lowest BCUT2D eigenvalue weighted by Gasteiger charge is -2.18. The van der Waals surface area contributed by atoms with E-state index in [2.05, 4.69) is 5.32 Å². The Bertz CT molecular complexity index is 420. The summed E-state index contributed by atoms with van der Waals surface area (Å²) in [6, 6.07) is 5.54. The van der Waals surface area contributed by atoms with Crippen molar-refractivity contribution in [2.75, 3.05) is 19.6 Å². The summed E-state index contributed by atoms with van der Waals surface area (Å²) in [5.74, 6) is 0.187. The maximum absolute atomic E-state index is 11.8. The SMILES string of the molecule is CCN(CC)C(=O)CCNCc1ccc(Cl)c(Cl)c1. The zero-order valence-corrected chi connectivity index (χ0v) is 12.9. The molecule has 1 N–H and O–H groups in total. The van der Waals surface area contributed by atoms with Gasteiger partial charge in [0.2, 0.25) is 5.91 Å². The minimum absolute atomic E-state index is 0.187. The van der Waals surface area contributed by atoms with Crippen LogP contribution < -0.4 is 5.32 Å². The molecule has 1 rings (SSSR count). The number of carbonyl (C=O) groups is 1. The Kier molecular flexibility index (Phi) is 7.21. The molecule has 1 amide bonds. The first-order valence-electron chi connectivity index (χ1n) is 6.50. The number of benzene rings is 1. The number of rotatable bonds is 7. The molecule has 0 atom stereocenters. The second-order valence-corrected chi connectivity index (χ2v) is 5.06. The van der Waals surface area contributed by atoms with E-state index in [0.29, 0.717) is 29.6 Å². The van der Waals surface area contributed by atoms with Gasteiger partial charge < -0.3 is 10.2 Å². The van der Waals surface area contributed by atoms with E-state index in [4.69, 9.17) is 23.2 Å². The van der Waals surface area contributed by atoms with Gasteiger partial charge in [0.05, 0.1) is 10.0 Å². The van der Waals surface area contributed by atoms with E-state index in [9.17, 15) is 4.79 Å². The van der Waals surface area contributed by atoms with Crippen LogP contribution in [0.5, 0.6) is 0 Å². The molecule has 0 aliphatic heterocycles. The zero-order chi connectivity index (χ0) is 14.3. The van der Waals surface area contributed by atoms with E-state index < -0.39 is 0 Å². The molecule has 0 fully saturated rings. The van der Waals surface area contributed by atoms with Crippen molar-refractivity contribution >= 4 is 29.1 Å². The van der Waals surface area contributed by atoms with Crippen molar-refractivity contribution in [3.63, 3.8) is 0 Å². The van der Waals surface area contributed by atoms with Crippen LogP contribution in [0.2, 0.25) is 10.0 Å². The van der Waals surface area contributed by atoms with Gasteiger partial charge in [-0.3, -0.25) is 4.79 Å². The van der Waals surface area contributed by atoms with E-state index in [-0.39, 0.29) is 5.91 Å². The van der Waals surface area contributed by atoms with Gasteiger partial charge in [0, 0.05) is 32.6 Å². The van der Waals surface area contributed by atoms with Gasteiger partial charge in [-0.15, -0.1) is 0 Å². The van der Waals surface area contributed by atoms with Gasteiger partial charge in [0.15, 0.2) is 0 Å². The molecule has 0 aromatic heterocycles. The summed E-state index contributed by atoms with van der Waals surface area (Å²) in [6.07, 6.45) is 0.517. The van der Waals surface area contributed by atoms with Crippen LogP contribution in [0.15, 0.2) is 18.2 Å². The zero-order valence-electron chi connectivity index (χ0n) is 11.4. The first-order valence-corrected chi connectivity index (χ1v) is 7.26. The standard InChI is InChI=1S/C14H20Cl2N2O/c1-3-18(4-2)14(19)7-8-17-10-11-5-6-12(15)13(16)9-11/h5-6,9,17H,3-4,7-8,10H2,1-2H3. The summed E-state index contributed by atoms with van der Waals surface area (Å²) in [5, 5.41) is 4.35. The van der Waals surface area contributed by atoms with Crippen LogP contribution in [0, 0.1) is 0 Å². The second kappa shape index (κ2) is 8.41. The summed E-state index contributed by atoms with van der Waals surface area (Å²) >= 11 is 11.8. The van der Waals surface area contributed by atoms with Gasteiger partial charge in [0.25, 0.3) is 0 Å². The Hall–Kier alpha value is -0.770. The first kappa shape index (κ1) is 16.3. The lowest BCUT2D eigenvalue weighted by Crippen LogP contribution is -2.32. The third-order valence-corrected chi connectivity index (χ3v) is 3.68. The third kappa shape index (κ3) is 5.39. The molecule has 19 heavy (non-hydrogen) atoms. The molecule has 3 nitrogen and oxygen atoms in total. The number of hydrogen-bond donors (Lipinski definition) is 1. The minimum atomic E-state index is 0.187. The fraction of sp³-hybridized carbons (Fsp3) is 0.500. The van der Waals surface area contributed by atoms with Crippen molar-refractivity contribution in [2.45, 2.75) is 26.8 Å². The van der Waals surface area contributed by atoms with Crippen LogP contribution >= 0.6 is 23.2 Å². The molecule has 0 aliphatic carbocycles. The summed E-state index contributed by atoms with van der Waals surface area (Å²) in [6.45, 7) is 6.86. The molecule has 0 aliphatic rings. The number of hydrogen-bond acceptors (Lipinski definition) is 2. The molecule has 0 saturated carbocycles. The Morgan fingerprint density at radius 2 is 1.89 bits per heavy atom. The van der Waals surface area contributed by atoms with Crippen LogP contribution in [0.1, 0.15) is 25.8 Å². The predicted octanol–water partition coefficient (Wildman–Crippen LogP) is 3.34. The largest absolute Gasteiger partial charge is 0.343 e. The maximum atomic E-state index is 11.8. The molecule has 0 heterocycles. The summed E-state index contributed by atoms with van der Waals surface area (Å²) in [5.41, 5.74) is 1.06. The predicted molar refractivity (Wildman–Crippen MR) is 80.7 cm³/mol. The smallest absolute Gasteiger partial charge is 0.223 e. The van der Waals surface area contributed by atoms with Gasteiger partial charge in [-0.1, -0.05) is 29.3 Å². The van der Waals surface area contributed by atoms with Gasteiger partial charge in [-0.25, -0.2) is 0 Å². The van der Waals surface area contributed by atoms with Gasteiger partial charge in [-0.2, -0.15) is 0 Å². The van der Waals surface area contributed by atoms with Crippen molar-refractivity contribution in [1.29, 1.82) is 0 Å². The molecule has 1 aromatic rings. The molecule has 106 valence electrons. The fourth-order valence-electron chi connectivity index (χ4n) is 1.81. The number of nitrogens with one attached hydrogen (secondary N) is 1. The molecule has 1 aromatic carbocycles. The van der Waals surface area contributed by atoms with E-state index in [0.717, 1.165) is 18.7 Å². The Labute approximate surface area is 124 Å². The van der Waals surface area contributed by atoms with E-state index in [1.165, 1.54) is 0 Å². The molecular weight excluding hydrogens is 283 g/mol. The summed E-state index contributed by atoms with van der Waals surface area (Å²) < 4.78 is 0. The highest BCUT2D eigenvalue weighted by Crippen LogP contribution is 2.22. The molecule has 0 unspecified atom stereocenters. The quantitative estimate of drug-likeness (QED) is 0.784. The van der Waals surface area contributed by atoms with Crippen molar-refractivity contribution in [3.05, 3.63) is 33.8 Å². The highest BCUT2D eigenvalue weighted by molar-refractivity contribution is 6.42. The van der Waals surface area contributed by atoms with Crippen molar-refractivity contribution in [3.8, 4) is 0 Å². The monoisotopic (exact) mass is 302 g/mol. The second-order valence-electron chi connectivity index (χ2n) is 4.24. The number of nitrogens with zero attached hydrogens (tertiary/aromatic N) is 1. The van der Waals surface area contributed by atoms with Crippen molar-refractivity contribution in [2.24, 2.45) is 0 Å². The molecule has 5 heteroatoms. The summed E-state index contributed by atoms with van der Waals surface area (Å²) in [7, 11) is 0. The number of carbonyl (C=O) groups excluding carboxylic acids is 1. The summed E-state index contributed by atoms with van der Waals surface area (Å²) in [4.78, 5) is 13.6. The normalized spacial score (nSPS) is 10.5. The van der Waals surface area contributed by atoms with Crippen LogP contribution in [0.4, 0.5) is 0 Å². The van der Waals surface area contributed by atoms with Crippen LogP contribution in [0.25, 0.3) is 0 Å². The third-order valence-electron chi connectivity index (χ3n) is 2.94. The maximum Gasteiger partial charge on any atom is 0.223 e. The number of halogens is 2. The molecule has 0 saturated heterocycles. The average molecular weight is 303 g/mol.